The van der Waals surface area contributed by atoms with Gasteiger partial charge in [-0.25, -0.2) is 18.5 Å². The number of nitrogens with one attached hydrogen (secondary N) is 1. The van der Waals surface area contributed by atoms with Crippen LogP contribution in [-0.4, -0.2) is 40.9 Å². The highest BCUT2D eigenvalue weighted by Crippen LogP contribution is 2.54. The standard InChI is InChI=1S/C28H20F3N5O6S3/c29-28(30,31)15-4-1-5-17(11-15)36-24(38)21-20(14-3-2-10-33-12-14)23-26(43-22(21)25(36)39)35(27(40)44-23)13-19(37)34-16-6-8-18(9-7-16)45(32,41)42/h1-12,20-22H,13H2,(H,34,37)(H2,32,41,42)/t20-,21?,22?/m1/s1. The molecule has 3 N–H and O–H groups in total. The highest BCUT2D eigenvalue weighted by molar-refractivity contribution is 8.00. The Hall–Kier alpha value is -4.32. The first kappa shape index (κ1) is 30.7. The number of amides is 3. The Morgan fingerprint density at radius 3 is 2.40 bits per heavy atom. The Bertz CT molecular complexity index is 2010. The van der Waals surface area contributed by atoms with Crippen LogP contribution < -0.4 is 20.2 Å². The summed E-state index contributed by atoms with van der Waals surface area (Å²) < 4.78 is 64.6. The van der Waals surface area contributed by atoms with Crippen LogP contribution in [-0.2, 0) is 37.1 Å². The van der Waals surface area contributed by atoms with E-state index < -0.39 is 68.0 Å². The van der Waals surface area contributed by atoms with Crippen molar-refractivity contribution < 1.29 is 36.0 Å². The van der Waals surface area contributed by atoms with Gasteiger partial charge in [-0.1, -0.05) is 35.2 Å². The number of pyridine rings is 1. The minimum Gasteiger partial charge on any atom is -0.325 e. The molecule has 0 saturated carbocycles. The number of nitrogens with two attached hydrogens (primary N) is 1. The van der Waals surface area contributed by atoms with Crippen LogP contribution in [0.3, 0.4) is 0 Å². The van der Waals surface area contributed by atoms with Crippen molar-refractivity contribution in [2.24, 2.45) is 11.1 Å². The van der Waals surface area contributed by atoms with E-state index in [1.807, 2.05) is 0 Å². The lowest BCUT2D eigenvalue weighted by atomic mass is 9.84. The molecule has 1 fully saturated rings. The first-order valence-corrected chi connectivity index (χ1v) is 16.3. The summed E-state index contributed by atoms with van der Waals surface area (Å²) in [5, 5.41) is 6.83. The zero-order chi connectivity index (χ0) is 32.3. The van der Waals surface area contributed by atoms with Crippen LogP contribution in [0.25, 0.3) is 0 Å². The van der Waals surface area contributed by atoms with E-state index in [1.165, 1.54) is 47.3 Å². The highest BCUT2D eigenvalue weighted by Gasteiger charge is 2.57. The third-order valence-corrected chi connectivity index (χ3v) is 10.8. The van der Waals surface area contributed by atoms with Crippen LogP contribution in [0, 0.1) is 5.92 Å². The Balaban J connectivity index is 1.36. The molecule has 45 heavy (non-hydrogen) atoms. The quantitative estimate of drug-likeness (QED) is 0.294. The number of hydrogen-bond donors (Lipinski definition) is 2. The number of aromatic nitrogens is 2. The van der Waals surface area contributed by atoms with Crippen molar-refractivity contribution in [3.63, 3.8) is 0 Å². The van der Waals surface area contributed by atoms with Crippen molar-refractivity contribution in [2.45, 2.75) is 33.8 Å². The SMILES string of the molecule is NS(=O)(=O)c1ccc(NC(=O)Cn2c3c(sc2=O)[C@H](c2cccnc2)C2C(=O)N(c4cccc(C(F)(F)F)c4)C(=O)C2S3)cc1. The normalized spacial score (nSPS) is 19.7. The number of carbonyl (C=O) groups excluding carboxylic acids is 3. The molecule has 2 unspecified atom stereocenters. The summed E-state index contributed by atoms with van der Waals surface area (Å²) in [6, 6.07) is 12.3. The monoisotopic (exact) mass is 675 g/mol. The lowest BCUT2D eigenvalue weighted by molar-refractivity contribution is -0.137. The van der Waals surface area contributed by atoms with Crippen LogP contribution in [0.4, 0.5) is 24.5 Å². The first-order valence-electron chi connectivity index (χ1n) is 13.0. The average molecular weight is 676 g/mol. The summed E-state index contributed by atoms with van der Waals surface area (Å²) in [6.07, 6.45) is -1.71. The van der Waals surface area contributed by atoms with Gasteiger partial charge in [0.05, 0.1) is 27.1 Å². The van der Waals surface area contributed by atoms with Gasteiger partial charge in [-0.15, -0.1) is 0 Å². The molecule has 11 nitrogen and oxygen atoms in total. The summed E-state index contributed by atoms with van der Waals surface area (Å²) in [5.74, 6) is -4.02. The van der Waals surface area contributed by atoms with Crippen LogP contribution >= 0.6 is 23.1 Å². The topological polar surface area (TPSA) is 162 Å². The molecule has 3 atom stereocenters. The number of carbonyl (C=O) groups is 3. The van der Waals surface area contributed by atoms with Gasteiger partial charge in [0, 0.05) is 28.9 Å². The maximum absolute atomic E-state index is 13.9. The van der Waals surface area contributed by atoms with E-state index in [1.54, 1.807) is 12.1 Å². The predicted molar refractivity (Wildman–Crippen MR) is 158 cm³/mol. The molecular weight excluding hydrogens is 656 g/mol. The third kappa shape index (κ3) is 5.67. The van der Waals surface area contributed by atoms with Crippen molar-refractivity contribution in [1.29, 1.82) is 0 Å². The van der Waals surface area contributed by atoms with Crippen molar-refractivity contribution in [3.8, 4) is 0 Å². The smallest absolute Gasteiger partial charge is 0.325 e. The van der Waals surface area contributed by atoms with E-state index in [-0.39, 0.29) is 21.3 Å². The molecular formula is C28H20F3N5O6S3. The fourth-order valence-corrected chi connectivity index (χ4v) is 8.61. The average Bonchev–Trinajstić information content (AvgIpc) is 3.43. The zero-order valence-electron chi connectivity index (χ0n) is 22.6. The molecule has 6 rings (SSSR count). The third-order valence-electron chi connectivity index (χ3n) is 7.29. The minimum absolute atomic E-state index is 0.161. The number of hydrogen-bond acceptors (Lipinski definition) is 9. The lowest BCUT2D eigenvalue weighted by Gasteiger charge is -2.30. The molecule has 0 spiro atoms. The van der Waals surface area contributed by atoms with Gasteiger partial charge in [0.2, 0.25) is 27.7 Å². The summed E-state index contributed by atoms with van der Waals surface area (Å²) >= 11 is 1.70. The van der Waals surface area contributed by atoms with Crippen molar-refractivity contribution in [2.75, 3.05) is 10.2 Å². The second-order valence-corrected chi connectivity index (χ2v) is 13.8. The second kappa shape index (κ2) is 11.2. The molecule has 0 radical (unpaired) electrons. The number of imide groups is 1. The fourth-order valence-electron chi connectivity index (χ4n) is 5.32. The van der Waals surface area contributed by atoms with Gasteiger partial charge in [-0.2, -0.15) is 13.2 Å². The summed E-state index contributed by atoms with van der Waals surface area (Å²) in [4.78, 5) is 58.4. The number of rotatable bonds is 6. The molecule has 2 aromatic carbocycles. The number of alkyl halides is 3. The first-order chi connectivity index (χ1) is 21.2. The predicted octanol–water partition coefficient (Wildman–Crippen LogP) is 3.41. The molecule has 4 heterocycles. The second-order valence-electron chi connectivity index (χ2n) is 10.1. The number of primary sulfonamides is 1. The van der Waals surface area contributed by atoms with Crippen molar-refractivity contribution in [3.05, 3.63) is 98.7 Å². The van der Waals surface area contributed by atoms with E-state index in [0.29, 0.717) is 10.4 Å². The van der Waals surface area contributed by atoms with E-state index in [0.717, 1.165) is 46.2 Å². The van der Waals surface area contributed by atoms with E-state index >= 15 is 0 Å². The van der Waals surface area contributed by atoms with Gasteiger partial charge < -0.3 is 5.32 Å². The fraction of sp³-hybridized carbons (Fsp3) is 0.179. The molecule has 4 aromatic rings. The van der Waals surface area contributed by atoms with Crippen molar-refractivity contribution in [1.82, 2.24) is 9.55 Å². The number of thioether (sulfide) groups is 1. The number of benzene rings is 2. The van der Waals surface area contributed by atoms with E-state index in [4.69, 9.17) is 5.14 Å². The Kier molecular flexibility index (Phi) is 7.67. The lowest BCUT2D eigenvalue weighted by Crippen LogP contribution is -2.33. The Morgan fingerprint density at radius 1 is 1.02 bits per heavy atom. The van der Waals surface area contributed by atoms with Gasteiger partial charge in [0.1, 0.15) is 11.8 Å². The molecule has 3 amide bonds. The van der Waals surface area contributed by atoms with Crippen LogP contribution in [0.5, 0.6) is 0 Å². The van der Waals surface area contributed by atoms with Crippen molar-refractivity contribution >= 4 is 62.2 Å². The van der Waals surface area contributed by atoms with Gasteiger partial charge in [0.25, 0.3) is 0 Å². The Labute approximate surface area is 260 Å². The summed E-state index contributed by atoms with van der Waals surface area (Å²) in [5.41, 5.74) is -0.508. The number of halogens is 3. The van der Waals surface area contributed by atoms with Gasteiger partial charge in [-0.3, -0.25) is 28.7 Å². The molecule has 1 saturated heterocycles. The largest absolute Gasteiger partial charge is 0.416 e. The highest BCUT2D eigenvalue weighted by atomic mass is 32.2. The molecule has 2 aliphatic rings. The number of fused-ring (bicyclic) bond motifs is 2. The number of sulfonamides is 1. The number of thiazole rings is 1. The maximum Gasteiger partial charge on any atom is 0.416 e. The molecule has 0 bridgehead atoms. The van der Waals surface area contributed by atoms with Gasteiger partial charge in [0.15, 0.2) is 0 Å². The molecule has 17 heteroatoms. The minimum atomic E-state index is -4.70. The number of anilines is 2. The van der Waals surface area contributed by atoms with Gasteiger partial charge in [-0.05, 0) is 54.1 Å². The van der Waals surface area contributed by atoms with Crippen LogP contribution in [0.2, 0.25) is 0 Å². The maximum atomic E-state index is 13.9. The molecule has 0 aliphatic carbocycles. The molecule has 232 valence electrons. The molecule has 2 aliphatic heterocycles. The zero-order valence-corrected chi connectivity index (χ0v) is 25.0. The summed E-state index contributed by atoms with van der Waals surface area (Å²) in [7, 11) is -3.95. The van der Waals surface area contributed by atoms with E-state index in [2.05, 4.69) is 10.3 Å². The van der Waals surface area contributed by atoms with Crippen LogP contribution in [0.15, 0.2) is 87.8 Å². The number of nitrogens with zero attached hydrogens (tertiary/aromatic N) is 3. The molecule has 2 aromatic heterocycles. The van der Waals surface area contributed by atoms with Crippen LogP contribution in [0.1, 0.15) is 21.9 Å². The van der Waals surface area contributed by atoms with E-state index in [9.17, 15) is 40.8 Å². The summed E-state index contributed by atoms with van der Waals surface area (Å²) in [6.45, 7) is -0.481. The van der Waals surface area contributed by atoms with Gasteiger partial charge >= 0.3 is 11.0 Å². The Morgan fingerprint density at radius 2 is 1.76 bits per heavy atom.